The van der Waals surface area contributed by atoms with Crippen molar-refractivity contribution in [1.82, 2.24) is 0 Å². The molecule has 1 aromatic carbocycles. The summed E-state index contributed by atoms with van der Waals surface area (Å²) in [5.74, 6) is 0.0872. The molecule has 0 atom stereocenters. The molecular formula is C14H19BrO3. The normalized spacial score (nSPS) is 11.3. The van der Waals surface area contributed by atoms with Gasteiger partial charge in [-0.1, -0.05) is 12.1 Å². The number of carbonyl (C=O) groups is 1. The third-order valence-electron chi connectivity index (χ3n) is 2.87. The quantitative estimate of drug-likeness (QED) is 0.770. The molecule has 1 N–H and O–H groups in total. The second-order valence-electron chi connectivity index (χ2n) is 4.93. The van der Waals surface area contributed by atoms with E-state index in [9.17, 15) is 4.79 Å². The second-order valence-corrected chi connectivity index (χ2v) is 5.78. The van der Waals surface area contributed by atoms with Gasteiger partial charge in [0.2, 0.25) is 0 Å². The molecular weight excluding hydrogens is 296 g/mol. The Balaban J connectivity index is 2.24. The van der Waals surface area contributed by atoms with E-state index in [1.54, 1.807) is 13.8 Å². The standard InChI is InChI=1S/C14H19BrO3/c1-14(2,13(16)17)9-5-6-10-18-12-8-4-3-7-11(12)15/h3-4,7-8H,5-6,9-10H2,1-2H3,(H,16,17). The van der Waals surface area contributed by atoms with Crippen LogP contribution in [0.25, 0.3) is 0 Å². The Kier molecular flexibility index (Phi) is 5.66. The van der Waals surface area contributed by atoms with Gasteiger partial charge in [0.15, 0.2) is 0 Å². The Bertz CT molecular complexity index is 402. The lowest BCUT2D eigenvalue weighted by Gasteiger charge is -2.18. The molecule has 0 aliphatic rings. The lowest BCUT2D eigenvalue weighted by molar-refractivity contribution is -0.147. The number of carboxylic acids is 1. The molecule has 4 heteroatoms. The summed E-state index contributed by atoms with van der Waals surface area (Å²) in [7, 11) is 0. The van der Waals surface area contributed by atoms with Crippen LogP contribution in [0.4, 0.5) is 0 Å². The number of benzene rings is 1. The van der Waals surface area contributed by atoms with Gasteiger partial charge < -0.3 is 9.84 Å². The van der Waals surface area contributed by atoms with E-state index in [4.69, 9.17) is 9.84 Å². The van der Waals surface area contributed by atoms with Crippen molar-refractivity contribution >= 4 is 21.9 Å². The number of carboxylic acid groups (broad SMARTS) is 1. The second kappa shape index (κ2) is 6.78. The van der Waals surface area contributed by atoms with Crippen molar-refractivity contribution in [2.75, 3.05) is 6.61 Å². The highest BCUT2D eigenvalue weighted by molar-refractivity contribution is 9.10. The van der Waals surface area contributed by atoms with Crippen molar-refractivity contribution in [2.24, 2.45) is 5.41 Å². The zero-order chi connectivity index (χ0) is 13.6. The molecule has 0 fully saturated rings. The third-order valence-corrected chi connectivity index (χ3v) is 3.52. The Morgan fingerprint density at radius 2 is 2.00 bits per heavy atom. The minimum atomic E-state index is -0.741. The van der Waals surface area contributed by atoms with Gasteiger partial charge in [0.1, 0.15) is 5.75 Å². The number of ether oxygens (including phenoxy) is 1. The van der Waals surface area contributed by atoms with Gasteiger partial charge in [-0.15, -0.1) is 0 Å². The molecule has 0 radical (unpaired) electrons. The van der Waals surface area contributed by atoms with Crippen molar-refractivity contribution in [2.45, 2.75) is 33.1 Å². The Labute approximate surface area is 116 Å². The minimum absolute atomic E-state index is 0.609. The van der Waals surface area contributed by atoms with E-state index in [1.165, 1.54) is 0 Å². The summed E-state index contributed by atoms with van der Waals surface area (Å²) in [6.45, 7) is 4.12. The Hall–Kier alpha value is -1.03. The first-order chi connectivity index (χ1) is 8.43. The van der Waals surface area contributed by atoms with Crippen LogP contribution in [0.1, 0.15) is 33.1 Å². The summed E-state index contributed by atoms with van der Waals surface area (Å²) in [5.41, 5.74) is -0.646. The first kappa shape index (κ1) is 15.0. The summed E-state index contributed by atoms with van der Waals surface area (Å²) >= 11 is 3.41. The molecule has 0 amide bonds. The van der Waals surface area contributed by atoms with Gasteiger partial charge in [-0.2, -0.15) is 0 Å². The van der Waals surface area contributed by atoms with Crippen LogP contribution in [0.3, 0.4) is 0 Å². The van der Waals surface area contributed by atoms with E-state index in [0.29, 0.717) is 13.0 Å². The average Bonchev–Trinajstić information content (AvgIpc) is 2.30. The summed E-state index contributed by atoms with van der Waals surface area (Å²) in [6, 6.07) is 7.70. The fourth-order valence-electron chi connectivity index (χ4n) is 1.52. The van der Waals surface area contributed by atoms with E-state index in [-0.39, 0.29) is 0 Å². The van der Waals surface area contributed by atoms with Gasteiger partial charge in [0, 0.05) is 0 Å². The smallest absolute Gasteiger partial charge is 0.309 e. The van der Waals surface area contributed by atoms with Crippen LogP contribution < -0.4 is 4.74 Å². The lowest BCUT2D eigenvalue weighted by Crippen LogP contribution is -2.23. The molecule has 1 rings (SSSR count). The van der Waals surface area contributed by atoms with Crippen LogP contribution in [-0.2, 0) is 4.79 Å². The molecule has 0 saturated heterocycles. The Morgan fingerprint density at radius 3 is 2.61 bits per heavy atom. The number of para-hydroxylation sites is 1. The van der Waals surface area contributed by atoms with Gasteiger partial charge in [-0.3, -0.25) is 4.79 Å². The molecule has 0 bridgehead atoms. The van der Waals surface area contributed by atoms with Gasteiger partial charge in [0.25, 0.3) is 0 Å². The van der Waals surface area contributed by atoms with Crippen LogP contribution >= 0.6 is 15.9 Å². The van der Waals surface area contributed by atoms with E-state index in [2.05, 4.69) is 15.9 Å². The number of halogens is 1. The number of hydrogen-bond donors (Lipinski definition) is 1. The molecule has 0 aromatic heterocycles. The topological polar surface area (TPSA) is 46.5 Å². The maximum atomic E-state index is 10.9. The van der Waals surface area contributed by atoms with E-state index in [1.807, 2.05) is 24.3 Å². The number of aliphatic carboxylic acids is 1. The highest BCUT2D eigenvalue weighted by Gasteiger charge is 2.25. The Morgan fingerprint density at radius 1 is 1.33 bits per heavy atom. The highest BCUT2D eigenvalue weighted by Crippen LogP contribution is 2.25. The molecule has 0 spiro atoms. The summed E-state index contributed by atoms with van der Waals surface area (Å²) in [6.07, 6.45) is 2.38. The minimum Gasteiger partial charge on any atom is -0.492 e. The molecule has 0 unspecified atom stereocenters. The van der Waals surface area contributed by atoms with Gasteiger partial charge in [-0.25, -0.2) is 0 Å². The molecule has 18 heavy (non-hydrogen) atoms. The van der Waals surface area contributed by atoms with E-state index >= 15 is 0 Å². The van der Waals surface area contributed by atoms with Crippen molar-refractivity contribution in [3.05, 3.63) is 28.7 Å². The maximum Gasteiger partial charge on any atom is 0.309 e. The van der Waals surface area contributed by atoms with Crippen molar-refractivity contribution in [3.63, 3.8) is 0 Å². The van der Waals surface area contributed by atoms with E-state index in [0.717, 1.165) is 23.1 Å². The molecule has 0 saturated carbocycles. The molecule has 0 aliphatic heterocycles. The molecule has 0 heterocycles. The zero-order valence-electron chi connectivity index (χ0n) is 10.8. The SMILES string of the molecule is CC(C)(CCCCOc1ccccc1Br)C(=O)O. The first-order valence-corrected chi connectivity index (χ1v) is 6.83. The largest absolute Gasteiger partial charge is 0.492 e. The average molecular weight is 315 g/mol. The van der Waals surface area contributed by atoms with Crippen LogP contribution in [0.15, 0.2) is 28.7 Å². The van der Waals surface area contributed by atoms with Crippen molar-refractivity contribution < 1.29 is 14.6 Å². The zero-order valence-corrected chi connectivity index (χ0v) is 12.4. The van der Waals surface area contributed by atoms with Crippen molar-refractivity contribution in [3.8, 4) is 5.75 Å². The molecule has 3 nitrogen and oxygen atoms in total. The highest BCUT2D eigenvalue weighted by atomic mass is 79.9. The third kappa shape index (κ3) is 4.69. The van der Waals surface area contributed by atoms with Gasteiger partial charge >= 0.3 is 5.97 Å². The van der Waals surface area contributed by atoms with Crippen molar-refractivity contribution in [1.29, 1.82) is 0 Å². The van der Waals surface area contributed by atoms with Crippen LogP contribution in [0.5, 0.6) is 5.75 Å². The van der Waals surface area contributed by atoms with E-state index < -0.39 is 11.4 Å². The number of hydrogen-bond acceptors (Lipinski definition) is 2. The predicted molar refractivity (Wildman–Crippen MR) is 74.9 cm³/mol. The van der Waals surface area contributed by atoms with Gasteiger partial charge in [-0.05, 0) is 61.2 Å². The summed E-state index contributed by atoms with van der Waals surface area (Å²) in [5, 5.41) is 8.97. The lowest BCUT2D eigenvalue weighted by atomic mass is 9.87. The maximum absolute atomic E-state index is 10.9. The first-order valence-electron chi connectivity index (χ1n) is 6.04. The summed E-state index contributed by atoms with van der Waals surface area (Å²) < 4.78 is 6.56. The monoisotopic (exact) mass is 314 g/mol. The van der Waals surface area contributed by atoms with Gasteiger partial charge in [0.05, 0.1) is 16.5 Å². The molecule has 100 valence electrons. The van der Waals surface area contributed by atoms with Crippen LogP contribution in [0, 0.1) is 5.41 Å². The fourth-order valence-corrected chi connectivity index (χ4v) is 1.92. The molecule has 0 aliphatic carbocycles. The van der Waals surface area contributed by atoms with Crippen LogP contribution in [-0.4, -0.2) is 17.7 Å². The summed E-state index contributed by atoms with van der Waals surface area (Å²) in [4.78, 5) is 10.9. The number of rotatable bonds is 7. The predicted octanol–water partition coefficient (Wildman–Crippen LogP) is 4.11. The molecule has 1 aromatic rings. The fraction of sp³-hybridized carbons (Fsp3) is 0.500. The van der Waals surface area contributed by atoms with Crippen LogP contribution in [0.2, 0.25) is 0 Å². The number of unbranched alkanes of at least 4 members (excludes halogenated alkanes) is 1.